The zero-order valence-electron chi connectivity index (χ0n) is 14.5. The van der Waals surface area contributed by atoms with Gasteiger partial charge in [-0.25, -0.2) is 8.42 Å². The summed E-state index contributed by atoms with van der Waals surface area (Å²) in [5, 5.41) is 2.52. The van der Waals surface area contributed by atoms with Crippen LogP contribution in [0.2, 0.25) is 0 Å². The van der Waals surface area contributed by atoms with Crippen LogP contribution in [0.4, 0.5) is 11.4 Å². The Balaban J connectivity index is 2.44. The minimum Gasteiger partial charge on any atom is -0.495 e. The van der Waals surface area contributed by atoms with Crippen molar-refractivity contribution in [3.8, 4) is 5.75 Å². The van der Waals surface area contributed by atoms with Gasteiger partial charge in [0.25, 0.3) is 10.0 Å². The second-order valence-electron chi connectivity index (χ2n) is 5.49. The molecule has 0 aliphatic rings. The Morgan fingerprint density at radius 3 is 2.38 bits per heavy atom. The highest BCUT2D eigenvalue weighted by Crippen LogP contribution is 2.29. The third-order valence-electron chi connectivity index (χ3n) is 3.64. The van der Waals surface area contributed by atoms with E-state index in [1.54, 1.807) is 6.92 Å². The number of carbonyl (C=O) groups excluding carboxylic acids is 2. The molecule has 0 spiro atoms. The summed E-state index contributed by atoms with van der Waals surface area (Å²) in [5.41, 5.74) is 6.39. The number of benzene rings is 2. The van der Waals surface area contributed by atoms with Crippen molar-refractivity contribution >= 4 is 33.2 Å². The topological polar surface area (TPSA) is 128 Å². The van der Waals surface area contributed by atoms with E-state index in [4.69, 9.17) is 10.5 Å². The predicted molar refractivity (Wildman–Crippen MR) is 97.8 cm³/mol. The van der Waals surface area contributed by atoms with Crippen molar-refractivity contribution in [2.45, 2.75) is 18.7 Å². The average molecular weight is 377 g/mol. The van der Waals surface area contributed by atoms with E-state index in [0.29, 0.717) is 11.3 Å². The van der Waals surface area contributed by atoms with Gasteiger partial charge in [-0.3, -0.25) is 14.3 Å². The summed E-state index contributed by atoms with van der Waals surface area (Å²) in [6.07, 6.45) is 0. The summed E-state index contributed by atoms with van der Waals surface area (Å²) >= 11 is 0. The van der Waals surface area contributed by atoms with Crippen LogP contribution >= 0.6 is 0 Å². The normalized spacial score (nSPS) is 10.9. The van der Waals surface area contributed by atoms with Crippen LogP contribution in [-0.2, 0) is 14.8 Å². The average Bonchev–Trinajstić information content (AvgIpc) is 2.55. The van der Waals surface area contributed by atoms with Crippen LogP contribution in [0, 0.1) is 6.92 Å². The lowest BCUT2D eigenvalue weighted by atomic mass is 10.1. The Hall–Kier alpha value is -3.07. The largest absolute Gasteiger partial charge is 0.495 e. The Kier molecular flexibility index (Phi) is 5.51. The molecule has 0 saturated carbocycles. The van der Waals surface area contributed by atoms with Gasteiger partial charge in [-0.2, -0.15) is 0 Å². The number of rotatable bonds is 6. The molecule has 0 aromatic heterocycles. The Bertz CT molecular complexity index is 970. The standard InChI is InChI=1S/C17H19N3O5S/c1-10-13(17(18)22)5-4-6-14(10)20-26(23,24)12-7-8-16(25-3)15(9-12)19-11(2)21/h4-9,20H,1-3H3,(H2,18,22)(H,19,21). The number of anilines is 2. The van der Waals surface area contributed by atoms with E-state index in [1.165, 1.54) is 50.4 Å². The number of carbonyl (C=O) groups is 2. The van der Waals surface area contributed by atoms with Gasteiger partial charge < -0.3 is 15.8 Å². The summed E-state index contributed by atoms with van der Waals surface area (Å²) in [4.78, 5) is 22.6. The van der Waals surface area contributed by atoms with E-state index in [-0.39, 0.29) is 27.7 Å². The van der Waals surface area contributed by atoms with E-state index < -0.39 is 15.9 Å². The maximum absolute atomic E-state index is 12.7. The van der Waals surface area contributed by atoms with E-state index in [9.17, 15) is 18.0 Å². The molecule has 0 radical (unpaired) electrons. The van der Waals surface area contributed by atoms with Crippen molar-refractivity contribution in [1.29, 1.82) is 0 Å². The highest BCUT2D eigenvalue weighted by atomic mass is 32.2. The fourth-order valence-electron chi connectivity index (χ4n) is 2.36. The highest BCUT2D eigenvalue weighted by Gasteiger charge is 2.19. The first kappa shape index (κ1) is 19.3. The molecule has 0 fully saturated rings. The van der Waals surface area contributed by atoms with Gasteiger partial charge in [-0.15, -0.1) is 0 Å². The van der Waals surface area contributed by atoms with Gasteiger partial charge in [-0.1, -0.05) is 6.07 Å². The molecule has 26 heavy (non-hydrogen) atoms. The molecule has 2 amide bonds. The Morgan fingerprint density at radius 2 is 1.81 bits per heavy atom. The molecule has 2 aromatic rings. The molecule has 2 rings (SSSR count). The first-order valence-corrected chi connectivity index (χ1v) is 9.02. The molecule has 0 bridgehead atoms. The van der Waals surface area contributed by atoms with Gasteiger partial charge in [0.05, 0.1) is 23.4 Å². The fraction of sp³-hybridized carbons (Fsp3) is 0.176. The van der Waals surface area contributed by atoms with E-state index >= 15 is 0 Å². The summed E-state index contributed by atoms with van der Waals surface area (Å²) in [6.45, 7) is 2.90. The van der Waals surface area contributed by atoms with E-state index in [0.717, 1.165) is 0 Å². The number of hydrogen-bond donors (Lipinski definition) is 3. The van der Waals surface area contributed by atoms with Crippen LogP contribution in [0.15, 0.2) is 41.3 Å². The lowest BCUT2D eigenvalue weighted by Crippen LogP contribution is -2.17. The lowest BCUT2D eigenvalue weighted by Gasteiger charge is -2.14. The van der Waals surface area contributed by atoms with Gasteiger partial charge in [0.15, 0.2) is 0 Å². The molecule has 0 unspecified atom stereocenters. The summed E-state index contributed by atoms with van der Waals surface area (Å²) in [5.74, 6) is -0.692. The molecule has 0 aliphatic carbocycles. The van der Waals surface area contributed by atoms with Gasteiger partial charge >= 0.3 is 0 Å². The summed E-state index contributed by atoms with van der Waals surface area (Å²) in [7, 11) is -2.56. The molecule has 0 heterocycles. The quantitative estimate of drug-likeness (QED) is 0.708. The van der Waals surface area contributed by atoms with Crippen molar-refractivity contribution in [2.24, 2.45) is 5.73 Å². The fourth-order valence-corrected chi connectivity index (χ4v) is 3.51. The van der Waals surface area contributed by atoms with Gasteiger partial charge in [0.2, 0.25) is 11.8 Å². The number of methoxy groups -OCH3 is 1. The smallest absolute Gasteiger partial charge is 0.261 e. The molecular weight excluding hydrogens is 358 g/mol. The summed E-state index contributed by atoms with van der Waals surface area (Å²) in [6, 6.07) is 8.64. The maximum Gasteiger partial charge on any atom is 0.261 e. The van der Waals surface area contributed by atoms with Crippen molar-refractivity contribution in [3.63, 3.8) is 0 Å². The van der Waals surface area contributed by atoms with Crippen LogP contribution in [-0.4, -0.2) is 27.3 Å². The van der Waals surface area contributed by atoms with Crippen LogP contribution < -0.4 is 20.5 Å². The monoisotopic (exact) mass is 377 g/mol. The Labute approximate surface area is 151 Å². The number of sulfonamides is 1. The first-order chi connectivity index (χ1) is 12.2. The van der Waals surface area contributed by atoms with Gasteiger partial charge in [0, 0.05) is 12.5 Å². The van der Waals surface area contributed by atoms with Gasteiger partial charge in [-0.05, 0) is 42.8 Å². The number of nitrogens with two attached hydrogens (primary N) is 1. The second-order valence-corrected chi connectivity index (χ2v) is 7.17. The molecule has 2 aromatic carbocycles. The number of primary amides is 1. The minimum absolute atomic E-state index is 0.0778. The molecule has 4 N–H and O–H groups in total. The van der Waals surface area contributed by atoms with Crippen LogP contribution in [0.3, 0.4) is 0 Å². The first-order valence-electron chi connectivity index (χ1n) is 7.53. The molecule has 0 saturated heterocycles. The highest BCUT2D eigenvalue weighted by molar-refractivity contribution is 7.92. The SMILES string of the molecule is COc1ccc(S(=O)(=O)Nc2cccc(C(N)=O)c2C)cc1NC(C)=O. The maximum atomic E-state index is 12.7. The van der Waals surface area contributed by atoms with Crippen molar-refractivity contribution in [3.05, 3.63) is 47.5 Å². The second kappa shape index (κ2) is 7.44. The zero-order chi connectivity index (χ0) is 19.5. The van der Waals surface area contributed by atoms with Crippen molar-refractivity contribution < 1.29 is 22.7 Å². The predicted octanol–water partition coefficient (Wildman–Crippen LogP) is 1.86. The zero-order valence-corrected chi connectivity index (χ0v) is 15.3. The molecule has 138 valence electrons. The van der Waals surface area contributed by atoms with Crippen molar-refractivity contribution in [1.82, 2.24) is 0 Å². The van der Waals surface area contributed by atoms with Crippen molar-refractivity contribution in [2.75, 3.05) is 17.1 Å². The lowest BCUT2D eigenvalue weighted by molar-refractivity contribution is -0.114. The number of nitrogens with one attached hydrogen (secondary N) is 2. The molecule has 9 heteroatoms. The Morgan fingerprint density at radius 1 is 1.12 bits per heavy atom. The number of hydrogen-bond acceptors (Lipinski definition) is 5. The molecule has 0 aliphatic heterocycles. The van der Waals surface area contributed by atoms with Gasteiger partial charge in [0.1, 0.15) is 5.75 Å². The third kappa shape index (κ3) is 4.12. The third-order valence-corrected chi connectivity index (χ3v) is 5.00. The van der Waals surface area contributed by atoms with Crippen LogP contribution in [0.5, 0.6) is 5.75 Å². The van der Waals surface area contributed by atoms with E-state index in [1.807, 2.05) is 0 Å². The summed E-state index contributed by atoms with van der Waals surface area (Å²) < 4.78 is 32.9. The van der Waals surface area contributed by atoms with E-state index in [2.05, 4.69) is 10.0 Å². The molecule has 0 atom stereocenters. The number of amides is 2. The van der Waals surface area contributed by atoms with Crippen LogP contribution in [0.1, 0.15) is 22.8 Å². The molecular formula is C17H19N3O5S. The minimum atomic E-state index is -3.97. The molecule has 8 nitrogen and oxygen atoms in total. The van der Waals surface area contributed by atoms with Crippen LogP contribution in [0.25, 0.3) is 0 Å². The number of ether oxygens (including phenoxy) is 1.